The number of aryl methyl sites for hydroxylation is 1. The first-order valence-corrected chi connectivity index (χ1v) is 6.21. The molecule has 2 aromatic rings. The Balaban J connectivity index is 2.53. The maximum absolute atomic E-state index is 11.7. The summed E-state index contributed by atoms with van der Waals surface area (Å²) in [5.74, 6) is 0.361. The SMILES string of the molecule is CC(=O)/C(=C/c1cccc(Cl)c1Cl)c1nnc(C)o1. The lowest BCUT2D eigenvalue weighted by molar-refractivity contribution is -0.111. The van der Waals surface area contributed by atoms with E-state index in [2.05, 4.69) is 10.2 Å². The Hall–Kier alpha value is -1.65. The van der Waals surface area contributed by atoms with Gasteiger partial charge in [0.2, 0.25) is 5.89 Å². The van der Waals surface area contributed by atoms with Gasteiger partial charge in [0.1, 0.15) is 0 Å². The summed E-state index contributed by atoms with van der Waals surface area (Å²) in [4.78, 5) is 11.7. The van der Waals surface area contributed by atoms with Crippen LogP contribution in [0.25, 0.3) is 11.6 Å². The molecule has 1 aromatic heterocycles. The largest absolute Gasteiger partial charge is 0.421 e. The number of carbonyl (C=O) groups excluding carboxylic acids is 1. The summed E-state index contributed by atoms with van der Waals surface area (Å²) >= 11 is 12.0. The van der Waals surface area contributed by atoms with Gasteiger partial charge in [0.25, 0.3) is 5.89 Å². The van der Waals surface area contributed by atoms with E-state index >= 15 is 0 Å². The van der Waals surface area contributed by atoms with Crippen LogP contribution in [0.4, 0.5) is 0 Å². The molecule has 0 aliphatic heterocycles. The van der Waals surface area contributed by atoms with Crippen molar-refractivity contribution in [3.63, 3.8) is 0 Å². The molecule has 1 heterocycles. The maximum Gasteiger partial charge on any atom is 0.251 e. The number of nitrogens with zero attached hydrogens (tertiary/aromatic N) is 2. The van der Waals surface area contributed by atoms with Crippen molar-refractivity contribution >= 4 is 40.6 Å². The highest BCUT2D eigenvalue weighted by atomic mass is 35.5. The minimum Gasteiger partial charge on any atom is -0.421 e. The van der Waals surface area contributed by atoms with Gasteiger partial charge in [0, 0.05) is 6.92 Å². The van der Waals surface area contributed by atoms with Gasteiger partial charge in [-0.25, -0.2) is 0 Å². The van der Waals surface area contributed by atoms with Crippen LogP contribution in [0.3, 0.4) is 0 Å². The molecule has 0 aliphatic rings. The molecule has 4 nitrogen and oxygen atoms in total. The van der Waals surface area contributed by atoms with Crippen molar-refractivity contribution in [1.29, 1.82) is 0 Å². The zero-order chi connectivity index (χ0) is 14.0. The monoisotopic (exact) mass is 296 g/mol. The minimum atomic E-state index is -0.195. The highest BCUT2D eigenvalue weighted by Gasteiger charge is 2.15. The van der Waals surface area contributed by atoms with E-state index in [1.54, 1.807) is 31.2 Å². The topological polar surface area (TPSA) is 56.0 Å². The second-order valence-electron chi connectivity index (χ2n) is 3.88. The lowest BCUT2D eigenvalue weighted by Gasteiger charge is -2.02. The third-order valence-electron chi connectivity index (χ3n) is 2.42. The molecule has 0 unspecified atom stereocenters. The summed E-state index contributed by atoms with van der Waals surface area (Å²) in [5, 5.41) is 8.33. The third-order valence-corrected chi connectivity index (χ3v) is 3.25. The van der Waals surface area contributed by atoms with Crippen LogP contribution >= 0.6 is 23.2 Å². The van der Waals surface area contributed by atoms with Crippen LogP contribution in [0, 0.1) is 6.92 Å². The number of allylic oxidation sites excluding steroid dienone is 1. The van der Waals surface area contributed by atoms with Crippen molar-refractivity contribution in [3.8, 4) is 0 Å². The summed E-state index contributed by atoms with van der Waals surface area (Å²) in [6.45, 7) is 3.07. The van der Waals surface area contributed by atoms with E-state index in [0.29, 0.717) is 27.1 Å². The van der Waals surface area contributed by atoms with Gasteiger partial charge >= 0.3 is 0 Å². The molecule has 0 fully saturated rings. The molecule has 0 radical (unpaired) electrons. The molecule has 0 spiro atoms. The Bertz CT molecular complexity index is 662. The van der Waals surface area contributed by atoms with E-state index in [4.69, 9.17) is 27.6 Å². The predicted octanol–water partition coefficient (Wildman–Crippen LogP) is 3.81. The Morgan fingerprint density at radius 2 is 2.05 bits per heavy atom. The van der Waals surface area contributed by atoms with Gasteiger partial charge in [-0.3, -0.25) is 4.79 Å². The minimum absolute atomic E-state index is 0.168. The highest BCUT2D eigenvalue weighted by molar-refractivity contribution is 6.43. The first-order chi connectivity index (χ1) is 8.99. The third kappa shape index (κ3) is 3.03. The van der Waals surface area contributed by atoms with E-state index < -0.39 is 0 Å². The molecule has 0 aliphatic carbocycles. The molecule has 2 rings (SSSR count). The smallest absolute Gasteiger partial charge is 0.251 e. The molecule has 1 aromatic carbocycles. The molecule has 0 amide bonds. The van der Waals surface area contributed by atoms with Crippen LogP contribution < -0.4 is 0 Å². The fraction of sp³-hybridized carbons (Fsp3) is 0.154. The summed E-state index contributed by atoms with van der Waals surface area (Å²) < 4.78 is 5.26. The average molecular weight is 297 g/mol. The van der Waals surface area contributed by atoms with E-state index in [0.717, 1.165) is 0 Å². The molecule has 6 heteroatoms. The van der Waals surface area contributed by atoms with Crippen molar-refractivity contribution in [2.24, 2.45) is 0 Å². The highest BCUT2D eigenvalue weighted by Crippen LogP contribution is 2.29. The van der Waals surface area contributed by atoms with Gasteiger partial charge in [0.05, 0.1) is 15.6 Å². The Labute approximate surface area is 120 Å². The van der Waals surface area contributed by atoms with Crippen LogP contribution in [0.5, 0.6) is 0 Å². The van der Waals surface area contributed by atoms with Crippen molar-refractivity contribution < 1.29 is 9.21 Å². The maximum atomic E-state index is 11.7. The fourth-order valence-corrected chi connectivity index (χ4v) is 1.87. The Kier molecular flexibility index (Phi) is 4.02. The average Bonchev–Trinajstić information content (AvgIpc) is 2.77. The second kappa shape index (κ2) is 5.55. The number of carbonyl (C=O) groups is 1. The van der Waals surface area contributed by atoms with Crippen molar-refractivity contribution in [2.45, 2.75) is 13.8 Å². The number of Topliss-reactive ketones (excluding diaryl/α,β-unsaturated/α-hetero) is 1. The van der Waals surface area contributed by atoms with Crippen LogP contribution in [0.1, 0.15) is 24.3 Å². The number of ketones is 1. The normalized spacial score (nSPS) is 11.7. The molecule has 19 heavy (non-hydrogen) atoms. The van der Waals surface area contributed by atoms with Gasteiger partial charge in [-0.1, -0.05) is 35.3 Å². The summed E-state index contributed by atoms with van der Waals surface area (Å²) in [7, 11) is 0. The summed E-state index contributed by atoms with van der Waals surface area (Å²) in [6.07, 6.45) is 1.59. The van der Waals surface area contributed by atoms with Crippen LogP contribution in [-0.4, -0.2) is 16.0 Å². The molecule has 0 atom stereocenters. The number of rotatable bonds is 3. The predicted molar refractivity (Wildman–Crippen MR) is 74.0 cm³/mol. The number of aromatic nitrogens is 2. The number of halogens is 2. The second-order valence-corrected chi connectivity index (χ2v) is 4.67. The molecular weight excluding hydrogens is 287 g/mol. The molecule has 0 N–H and O–H groups in total. The lowest BCUT2D eigenvalue weighted by Crippen LogP contribution is -1.96. The van der Waals surface area contributed by atoms with Crippen LogP contribution in [-0.2, 0) is 4.79 Å². The van der Waals surface area contributed by atoms with E-state index in [9.17, 15) is 4.79 Å². The van der Waals surface area contributed by atoms with Crippen LogP contribution in [0.2, 0.25) is 10.0 Å². The number of hydrogen-bond acceptors (Lipinski definition) is 4. The van der Waals surface area contributed by atoms with E-state index in [1.807, 2.05) is 0 Å². The molecule has 0 saturated carbocycles. The van der Waals surface area contributed by atoms with Gasteiger partial charge in [-0.2, -0.15) is 0 Å². The summed E-state index contributed by atoms with van der Waals surface area (Å²) in [5.41, 5.74) is 0.917. The van der Waals surface area contributed by atoms with Crippen molar-refractivity contribution in [2.75, 3.05) is 0 Å². The number of benzene rings is 1. The van der Waals surface area contributed by atoms with Gasteiger partial charge in [-0.15, -0.1) is 10.2 Å². The Morgan fingerprint density at radius 3 is 2.63 bits per heavy atom. The fourth-order valence-electron chi connectivity index (χ4n) is 1.51. The lowest BCUT2D eigenvalue weighted by atomic mass is 10.1. The van der Waals surface area contributed by atoms with Gasteiger partial charge in [-0.05, 0) is 24.6 Å². The first kappa shape index (κ1) is 13.8. The molecule has 0 bridgehead atoms. The van der Waals surface area contributed by atoms with Gasteiger partial charge in [0.15, 0.2) is 5.78 Å². The van der Waals surface area contributed by atoms with Crippen LogP contribution in [0.15, 0.2) is 22.6 Å². The van der Waals surface area contributed by atoms with Crippen molar-refractivity contribution in [3.05, 3.63) is 45.6 Å². The van der Waals surface area contributed by atoms with Crippen molar-refractivity contribution in [1.82, 2.24) is 10.2 Å². The quantitative estimate of drug-likeness (QED) is 0.808. The van der Waals surface area contributed by atoms with E-state index in [1.165, 1.54) is 6.92 Å². The van der Waals surface area contributed by atoms with E-state index in [-0.39, 0.29) is 11.7 Å². The first-order valence-electron chi connectivity index (χ1n) is 5.46. The van der Waals surface area contributed by atoms with Gasteiger partial charge < -0.3 is 4.42 Å². The Morgan fingerprint density at radius 1 is 1.32 bits per heavy atom. The molecular formula is C13H10Cl2N2O2. The summed E-state index contributed by atoms with van der Waals surface area (Å²) in [6, 6.07) is 5.17. The standard InChI is InChI=1S/C13H10Cl2N2O2/c1-7(18)10(13-17-16-8(2)19-13)6-9-4-3-5-11(14)12(9)15/h3-6H,1-2H3/b10-6-. The molecule has 0 saturated heterocycles. The zero-order valence-corrected chi connectivity index (χ0v) is 11.8. The zero-order valence-electron chi connectivity index (χ0n) is 10.3. The molecule has 98 valence electrons. The number of hydrogen-bond donors (Lipinski definition) is 0.